The van der Waals surface area contributed by atoms with E-state index in [0.29, 0.717) is 0 Å². The van der Waals surface area contributed by atoms with Gasteiger partial charge in [-0.3, -0.25) is 4.79 Å². The highest BCUT2D eigenvalue weighted by atomic mass is 19.1. The number of aromatic amines is 1. The van der Waals surface area contributed by atoms with Crippen LogP contribution >= 0.6 is 0 Å². The van der Waals surface area contributed by atoms with Gasteiger partial charge in [0.1, 0.15) is 5.65 Å². The number of pyridine rings is 1. The molecule has 5 nitrogen and oxygen atoms in total. The van der Waals surface area contributed by atoms with Crippen molar-refractivity contribution in [1.29, 1.82) is 0 Å². The molecule has 0 aliphatic carbocycles. The van der Waals surface area contributed by atoms with E-state index in [9.17, 15) is 14.0 Å². The van der Waals surface area contributed by atoms with Crippen LogP contribution in [-0.2, 0) is 7.05 Å². The molecule has 92 valence electrons. The van der Waals surface area contributed by atoms with Crippen LogP contribution in [0.1, 0.15) is 19.5 Å². The van der Waals surface area contributed by atoms with Gasteiger partial charge in [0, 0.05) is 13.2 Å². The van der Waals surface area contributed by atoms with Crippen LogP contribution in [0.3, 0.4) is 0 Å². The summed E-state index contributed by atoms with van der Waals surface area (Å²) in [5.41, 5.74) is -1.05. The first-order valence-corrected chi connectivity index (χ1v) is 5.26. The van der Waals surface area contributed by atoms with Crippen LogP contribution < -0.4 is 11.1 Å². The highest BCUT2D eigenvalue weighted by Gasteiger charge is 2.10. The second kappa shape index (κ2) is 4.90. The quantitative estimate of drug-likeness (QED) is 0.748. The van der Waals surface area contributed by atoms with Crippen LogP contribution in [0.4, 0.5) is 4.39 Å². The third kappa shape index (κ3) is 2.25. The molecule has 0 fully saturated rings. The monoisotopic (exact) mass is 239 g/mol. The molecule has 2 heterocycles. The fourth-order valence-electron chi connectivity index (χ4n) is 1.33. The fourth-order valence-corrected chi connectivity index (χ4v) is 1.33. The average molecular weight is 239 g/mol. The number of hydrogen-bond donors (Lipinski definition) is 1. The van der Waals surface area contributed by atoms with Gasteiger partial charge >= 0.3 is 5.69 Å². The van der Waals surface area contributed by atoms with Crippen LogP contribution in [0.2, 0.25) is 0 Å². The number of nitrogens with one attached hydrogen (secondary N) is 1. The number of aryl methyl sites for hydroxylation is 2. The molecule has 0 unspecified atom stereocenters. The molecule has 6 heteroatoms. The van der Waals surface area contributed by atoms with Gasteiger partial charge in [0.25, 0.3) is 0 Å². The Hall–Kier alpha value is -1.98. The minimum atomic E-state index is -0.844. The van der Waals surface area contributed by atoms with Crippen molar-refractivity contribution in [1.82, 2.24) is 14.5 Å². The smallest absolute Gasteiger partial charge is 0.340 e. The lowest BCUT2D eigenvalue weighted by Gasteiger charge is -2.02. The molecule has 0 saturated heterocycles. The molecular formula is C11H14FN3O2. The van der Waals surface area contributed by atoms with E-state index < -0.39 is 16.9 Å². The Morgan fingerprint density at radius 3 is 2.53 bits per heavy atom. The Labute approximate surface area is 96.9 Å². The Bertz CT molecular complexity index is 658. The summed E-state index contributed by atoms with van der Waals surface area (Å²) in [6.45, 7) is 5.41. The van der Waals surface area contributed by atoms with Crippen molar-refractivity contribution in [3.05, 3.63) is 38.4 Å². The molecule has 0 aliphatic rings. The lowest BCUT2D eigenvalue weighted by Crippen LogP contribution is -2.23. The van der Waals surface area contributed by atoms with Crippen LogP contribution in [0.25, 0.3) is 11.0 Å². The van der Waals surface area contributed by atoms with E-state index in [0.717, 1.165) is 4.57 Å². The van der Waals surface area contributed by atoms with E-state index in [4.69, 9.17) is 0 Å². The summed E-state index contributed by atoms with van der Waals surface area (Å²) in [5, 5.41) is 0.0696. The van der Waals surface area contributed by atoms with E-state index in [1.165, 1.54) is 20.2 Å². The largest absolute Gasteiger partial charge is 0.349 e. The van der Waals surface area contributed by atoms with E-state index in [1.807, 2.05) is 13.8 Å². The molecule has 0 saturated carbocycles. The first kappa shape index (κ1) is 13.1. The summed E-state index contributed by atoms with van der Waals surface area (Å²) in [5.74, 6) is -0.844. The SMILES string of the molecule is CC.Cc1[nH]c2nc(=O)n(C)cc2c(=O)c1F. The Balaban J connectivity index is 0.000000686. The summed E-state index contributed by atoms with van der Waals surface area (Å²) in [7, 11) is 1.45. The third-order valence-electron chi connectivity index (χ3n) is 2.17. The molecule has 2 aromatic heterocycles. The standard InChI is InChI=1S/C9H8FN3O2.C2H6/c1-4-6(10)7(14)5-3-13(2)9(15)12-8(5)11-4;1-2/h3H,1-2H3,(H,11,12,15);1-2H3. The van der Waals surface area contributed by atoms with Gasteiger partial charge in [-0.25, -0.2) is 9.18 Å². The molecule has 1 N–H and O–H groups in total. The predicted molar refractivity (Wildman–Crippen MR) is 63.6 cm³/mol. The average Bonchev–Trinajstić information content (AvgIpc) is 2.32. The van der Waals surface area contributed by atoms with Gasteiger partial charge in [-0.2, -0.15) is 4.98 Å². The Morgan fingerprint density at radius 2 is 1.94 bits per heavy atom. The number of halogens is 1. The number of rotatable bonds is 0. The molecule has 2 rings (SSSR count). The molecule has 0 bridgehead atoms. The zero-order valence-electron chi connectivity index (χ0n) is 10.2. The van der Waals surface area contributed by atoms with Crippen molar-refractivity contribution in [3.8, 4) is 0 Å². The highest BCUT2D eigenvalue weighted by Crippen LogP contribution is 2.04. The molecule has 0 amide bonds. The molecule has 2 aromatic rings. The number of hydrogen-bond acceptors (Lipinski definition) is 3. The molecule has 0 aromatic carbocycles. The minimum absolute atomic E-state index is 0.0696. The van der Waals surface area contributed by atoms with Crippen LogP contribution in [0.5, 0.6) is 0 Å². The van der Waals surface area contributed by atoms with Gasteiger partial charge in [-0.1, -0.05) is 13.8 Å². The van der Waals surface area contributed by atoms with Crippen molar-refractivity contribution in [2.75, 3.05) is 0 Å². The summed E-state index contributed by atoms with van der Waals surface area (Å²) < 4.78 is 14.4. The summed E-state index contributed by atoms with van der Waals surface area (Å²) in [6.07, 6.45) is 1.27. The Morgan fingerprint density at radius 1 is 1.35 bits per heavy atom. The zero-order chi connectivity index (χ0) is 13.2. The molecule has 0 radical (unpaired) electrons. The van der Waals surface area contributed by atoms with E-state index >= 15 is 0 Å². The Kier molecular flexibility index (Phi) is 3.77. The van der Waals surface area contributed by atoms with Crippen LogP contribution in [0.15, 0.2) is 15.8 Å². The van der Waals surface area contributed by atoms with Gasteiger partial charge < -0.3 is 9.55 Å². The van der Waals surface area contributed by atoms with Crippen LogP contribution in [0, 0.1) is 12.7 Å². The topological polar surface area (TPSA) is 67.8 Å². The number of aromatic nitrogens is 3. The maximum Gasteiger partial charge on any atom is 0.349 e. The molecule has 0 spiro atoms. The van der Waals surface area contributed by atoms with Crippen molar-refractivity contribution in [3.63, 3.8) is 0 Å². The van der Waals surface area contributed by atoms with Crippen molar-refractivity contribution >= 4 is 11.0 Å². The normalized spacial score (nSPS) is 9.94. The maximum atomic E-state index is 13.2. The predicted octanol–water partition coefficient (Wildman–Crippen LogP) is 1.10. The van der Waals surface area contributed by atoms with E-state index in [1.54, 1.807) is 0 Å². The van der Waals surface area contributed by atoms with Gasteiger partial charge in [0.2, 0.25) is 5.43 Å². The van der Waals surface area contributed by atoms with Gasteiger partial charge in [0.15, 0.2) is 5.82 Å². The summed E-state index contributed by atoms with van der Waals surface area (Å²) in [6, 6.07) is 0. The lowest BCUT2D eigenvalue weighted by molar-refractivity contribution is 0.602. The number of nitrogens with zero attached hydrogens (tertiary/aromatic N) is 2. The summed E-state index contributed by atoms with van der Waals surface area (Å²) >= 11 is 0. The number of H-pyrrole nitrogens is 1. The second-order valence-corrected chi connectivity index (χ2v) is 3.29. The van der Waals surface area contributed by atoms with Gasteiger partial charge in [-0.15, -0.1) is 0 Å². The summed E-state index contributed by atoms with van der Waals surface area (Å²) in [4.78, 5) is 28.8. The van der Waals surface area contributed by atoms with Crippen molar-refractivity contribution in [2.24, 2.45) is 7.05 Å². The third-order valence-corrected chi connectivity index (χ3v) is 2.17. The molecule has 0 atom stereocenters. The van der Waals surface area contributed by atoms with Gasteiger partial charge in [0.05, 0.1) is 11.1 Å². The molecule has 0 aliphatic heterocycles. The highest BCUT2D eigenvalue weighted by molar-refractivity contribution is 5.73. The van der Waals surface area contributed by atoms with Crippen molar-refractivity contribution < 1.29 is 4.39 Å². The minimum Gasteiger partial charge on any atom is -0.340 e. The first-order valence-electron chi connectivity index (χ1n) is 5.26. The zero-order valence-corrected chi connectivity index (χ0v) is 10.2. The molecule has 17 heavy (non-hydrogen) atoms. The number of fused-ring (bicyclic) bond motifs is 1. The maximum absolute atomic E-state index is 13.2. The lowest BCUT2D eigenvalue weighted by atomic mass is 10.3. The first-order chi connectivity index (χ1) is 8.00. The van der Waals surface area contributed by atoms with Crippen molar-refractivity contribution in [2.45, 2.75) is 20.8 Å². The van der Waals surface area contributed by atoms with Gasteiger partial charge in [-0.05, 0) is 6.92 Å². The molecular weight excluding hydrogens is 225 g/mol. The van der Waals surface area contributed by atoms with Crippen LogP contribution in [-0.4, -0.2) is 14.5 Å². The van der Waals surface area contributed by atoms with E-state index in [-0.39, 0.29) is 16.7 Å². The van der Waals surface area contributed by atoms with E-state index in [2.05, 4.69) is 9.97 Å². The second-order valence-electron chi connectivity index (χ2n) is 3.29. The fraction of sp³-hybridized carbons (Fsp3) is 0.364.